The van der Waals surface area contributed by atoms with Gasteiger partial charge in [-0.05, 0) is 11.1 Å². The highest BCUT2D eigenvalue weighted by atomic mass is 16.8. The van der Waals surface area contributed by atoms with Crippen molar-refractivity contribution in [3.05, 3.63) is 70.8 Å². The monoisotopic (exact) mass is 408 g/mol. The molecule has 2 fully saturated rings. The van der Waals surface area contributed by atoms with Crippen molar-refractivity contribution >= 4 is 11.9 Å². The molecule has 154 valence electrons. The predicted octanol–water partition coefficient (Wildman–Crippen LogP) is 1.13. The quantitative estimate of drug-likeness (QED) is 0.564. The first kappa shape index (κ1) is 18.0. The molecule has 8 nitrogen and oxygen atoms in total. The van der Waals surface area contributed by atoms with Crippen molar-refractivity contribution < 1.29 is 28.5 Å². The molecule has 4 atom stereocenters. The van der Waals surface area contributed by atoms with Gasteiger partial charge in [0.1, 0.15) is 12.2 Å². The van der Waals surface area contributed by atoms with E-state index < -0.39 is 23.5 Å². The van der Waals surface area contributed by atoms with Gasteiger partial charge in [0.25, 0.3) is 11.6 Å². The maximum absolute atomic E-state index is 12.8. The van der Waals surface area contributed by atoms with Gasteiger partial charge >= 0.3 is 11.9 Å². The minimum atomic E-state index is -1.34. The number of carbonyl (C=O) groups excluding carboxylic acids is 2. The Balaban J connectivity index is 1.25. The van der Waals surface area contributed by atoms with E-state index in [0.717, 1.165) is 22.3 Å². The Labute approximate surface area is 172 Å². The Hall–Kier alpha value is -2.78. The van der Waals surface area contributed by atoms with Crippen molar-refractivity contribution in [1.29, 1.82) is 0 Å². The van der Waals surface area contributed by atoms with E-state index in [0.29, 0.717) is 13.1 Å². The van der Waals surface area contributed by atoms with Crippen LogP contribution in [0.1, 0.15) is 34.5 Å². The number of ether oxygens (including phenoxy) is 4. The summed E-state index contributed by atoms with van der Waals surface area (Å²) in [5.41, 5.74) is 3.41. The van der Waals surface area contributed by atoms with Crippen LogP contribution in [0.4, 0.5) is 0 Å². The number of carbonyl (C=O) groups is 2. The molecular weight excluding hydrogens is 388 g/mol. The van der Waals surface area contributed by atoms with Crippen LogP contribution in [0.15, 0.2) is 48.5 Å². The standard InChI is InChI=1S/C22H20N2O6/c25-19(29-21-11-23-9-17(27-21)13-5-1-3-7-15(13)21)20(26)30-22-12-24-10-18(28-22)14-6-2-4-8-16(14)22/h1-8,17-18,23-24H,9-12H2. The number of esters is 2. The molecule has 0 saturated carbocycles. The SMILES string of the molecule is O=C(OC12CNCC(O1)c1ccccc12)C(=O)OC12CNCC(O1)c1ccccc12. The summed E-state index contributed by atoms with van der Waals surface area (Å²) in [7, 11) is 0. The zero-order valence-corrected chi connectivity index (χ0v) is 16.1. The Bertz CT molecular complexity index is 974. The summed E-state index contributed by atoms with van der Waals surface area (Å²) in [5.74, 6) is -4.90. The predicted molar refractivity (Wildman–Crippen MR) is 102 cm³/mol. The second-order valence-electron chi connectivity index (χ2n) is 7.93. The van der Waals surface area contributed by atoms with Crippen LogP contribution in [0.2, 0.25) is 0 Å². The fourth-order valence-electron chi connectivity index (χ4n) is 4.89. The molecule has 4 heterocycles. The van der Waals surface area contributed by atoms with Gasteiger partial charge in [0.15, 0.2) is 0 Å². The largest absolute Gasteiger partial charge is 0.420 e. The molecule has 4 aliphatic rings. The lowest BCUT2D eigenvalue weighted by molar-refractivity contribution is -0.272. The summed E-state index contributed by atoms with van der Waals surface area (Å²) in [5, 5.41) is 6.42. The van der Waals surface area contributed by atoms with Gasteiger partial charge in [-0.2, -0.15) is 0 Å². The highest BCUT2D eigenvalue weighted by Gasteiger charge is 2.54. The maximum atomic E-state index is 12.8. The molecule has 8 heteroatoms. The molecular formula is C22H20N2O6. The third kappa shape index (κ3) is 2.48. The lowest BCUT2D eigenvalue weighted by Gasteiger charge is -2.35. The second-order valence-corrected chi connectivity index (χ2v) is 7.93. The van der Waals surface area contributed by atoms with Gasteiger partial charge in [0, 0.05) is 24.2 Å². The van der Waals surface area contributed by atoms with Crippen LogP contribution in [0.3, 0.4) is 0 Å². The third-order valence-electron chi connectivity index (χ3n) is 6.16. The van der Waals surface area contributed by atoms with E-state index in [1.807, 2.05) is 48.5 Å². The van der Waals surface area contributed by atoms with E-state index >= 15 is 0 Å². The van der Waals surface area contributed by atoms with E-state index in [1.54, 1.807) is 0 Å². The van der Waals surface area contributed by atoms with Crippen molar-refractivity contribution in [3.8, 4) is 0 Å². The van der Waals surface area contributed by atoms with Crippen LogP contribution in [-0.2, 0) is 40.1 Å². The van der Waals surface area contributed by atoms with Gasteiger partial charge in [-0.15, -0.1) is 0 Å². The Morgan fingerprint density at radius 2 is 1.20 bits per heavy atom. The van der Waals surface area contributed by atoms with Crippen molar-refractivity contribution in [2.75, 3.05) is 26.2 Å². The Morgan fingerprint density at radius 1 is 0.767 bits per heavy atom. The second kappa shape index (κ2) is 6.36. The number of rotatable bonds is 2. The first-order valence-electron chi connectivity index (χ1n) is 10.0. The number of fused-ring (bicyclic) bond motifs is 10. The molecule has 4 aliphatic heterocycles. The van der Waals surface area contributed by atoms with Crippen LogP contribution in [0, 0.1) is 0 Å². The van der Waals surface area contributed by atoms with Gasteiger partial charge in [-0.25, -0.2) is 9.59 Å². The minimum absolute atomic E-state index is 0.231. The molecule has 4 bridgehead atoms. The molecule has 4 unspecified atom stereocenters. The number of nitrogens with one attached hydrogen (secondary N) is 2. The van der Waals surface area contributed by atoms with Crippen LogP contribution >= 0.6 is 0 Å². The van der Waals surface area contributed by atoms with E-state index in [4.69, 9.17) is 18.9 Å². The maximum Gasteiger partial charge on any atom is 0.420 e. The van der Waals surface area contributed by atoms with Crippen molar-refractivity contribution in [2.24, 2.45) is 0 Å². The highest BCUT2D eigenvalue weighted by molar-refractivity contribution is 6.29. The summed E-state index contributed by atoms with van der Waals surface area (Å²) >= 11 is 0. The van der Waals surface area contributed by atoms with E-state index in [2.05, 4.69) is 10.6 Å². The van der Waals surface area contributed by atoms with Crippen molar-refractivity contribution in [3.63, 3.8) is 0 Å². The fraction of sp³-hybridized carbons (Fsp3) is 0.364. The van der Waals surface area contributed by atoms with Gasteiger partial charge in [0.05, 0.1) is 13.1 Å². The van der Waals surface area contributed by atoms with Gasteiger partial charge in [-0.1, -0.05) is 48.5 Å². The summed E-state index contributed by atoms with van der Waals surface area (Å²) in [6, 6.07) is 15.1. The number of hydrogen-bond acceptors (Lipinski definition) is 8. The fourth-order valence-corrected chi connectivity index (χ4v) is 4.89. The molecule has 2 aromatic rings. The molecule has 2 N–H and O–H groups in total. The zero-order valence-electron chi connectivity index (χ0n) is 16.1. The normalized spacial score (nSPS) is 32.8. The topological polar surface area (TPSA) is 95.1 Å². The van der Waals surface area contributed by atoms with Crippen LogP contribution < -0.4 is 10.6 Å². The van der Waals surface area contributed by atoms with Gasteiger partial charge in [-0.3, -0.25) is 0 Å². The highest BCUT2D eigenvalue weighted by Crippen LogP contribution is 2.48. The van der Waals surface area contributed by atoms with Crippen LogP contribution in [0.5, 0.6) is 0 Å². The molecule has 0 amide bonds. The van der Waals surface area contributed by atoms with E-state index in [1.165, 1.54) is 0 Å². The molecule has 2 aromatic carbocycles. The third-order valence-corrected chi connectivity index (χ3v) is 6.16. The average molecular weight is 408 g/mol. The Kier molecular flexibility index (Phi) is 3.82. The molecule has 0 radical (unpaired) electrons. The molecule has 0 aromatic heterocycles. The molecule has 0 aliphatic carbocycles. The average Bonchev–Trinajstić information content (AvgIpc) is 3.13. The number of morpholine rings is 2. The zero-order chi connectivity index (χ0) is 20.3. The van der Waals surface area contributed by atoms with Crippen LogP contribution in [0.25, 0.3) is 0 Å². The summed E-state index contributed by atoms with van der Waals surface area (Å²) in [6.45, 7) is 1.74. The van der Waals surface area contributed by atoms with E-state index in [9.17, 15) is 9.59 Å². The van der Waals surface area contributed by atoms with Crippen LogP contribution in [-0.4, -0.2) is 38.1 Å². The molecule has 6 rings (SSSR count). The lowest BCUT2D eigenvalue weighted by atomic mass is 10.0. The lowest BCUT2D eigenvalue weighted by Crippen LogP contribution is -2.50. The van der Waals surface area contributed by atoms with Crippen molar-refractivity contribution in [2.45, 2.75) is 23.8 Å². The van der Waals surface area contributed by atoms with E-state index in [-0.39, 0.29) is 25.3 Å². The Morgan fingerprint density at radius 3 is 1.67 bits per heavy atom. The first-order valence-corrected chi connectivity index (χ1v) is 10.0. The van der Waals surface area contributed by atoms with Crippen molar-refractivity contribution in [1.82, 2.24) is 10.6 Å². The minimum Gasteiger partial charge on any atom is -0.419 e. The first-order chi connectivity index (χ1) is 14.6. The van der Waals surface area contributed by atoms with Gasteiger partial charge < -0.3 is 29.6 Å². The number of benzene rings is 2. The smallest absolute Gasteiger partial charge is 0.419 e. The summed E-state index contributed by atoms with van der Waals surface area (Å²) < 4.78 is 23.3. The summed E-state index contributed by atoms with van der Waals surface area (Å²) in [6.07, 6.45) is -0.462. The number of hydrogen-bond donors (Lipinski definition) is 2. The molecule has 2 saturated heterocycles. The van der Waals surface area contributed by atoms with Gasteiger partial charge in [0.2, 0.25) is 0 Å². The molecule has 30 heavy (non-hydrogen) atoms. The molecule has 0 spiro atoms. The summed E-state index contributed by atoms with van der Waals surface area (Å²) in [4.78, 5) is 25.6.